The number of rotatable bonds is 7. The average Bonchev–Trinajstić information content (AvgIpc) is 3.51. The molecule has 0 aliphatic carbocycles. The summed E-state index contributed by atoms with van der Waals surface area (Å²) in [4.78, 5) is 12.6. The Bertz CT molecular complexity index is 1260. The largest absolute Gasteiger partial charge is 0.461 e. The number of anilines is 1. The maximum absolute atomic E-state index is 13.5. The molecule has 0 radical (unpaired) electrons. The molecule has 0 atom stereocenters. The molecule has 0 bridgehead atoms. The summed E-state index contributed by atoms with van der Waals surface area (Å²) in [5, 5.41) is 15.6. The van der Waals surface area contributed by atoms with E-state index < -0.39 is 17.6 Å². The van der Waals surface area contributed by atoms with Crippen LogP contribution in [0.4, 0.5) is 19.0 Å². The minimum Gasteiger partial charge on any atom is -0.461 e. The zero-order valence-electron chi connectivity index (χ0n) is 17.6. The van der Waals surface area contributed by atoms with Gasteiger partial charge in [0.2, 0.25) is 5.91 Å². The molecule has 0 fully saturated rings. The molecular weight excluding hydrogens is 457 g/mol. The predicted molar refractivity (Wildman–Crippen MR) is 116 cm³/mol. The van der Waals surface area contributed by atoms with Gasteiger partial charge in [-0.3, -0.25) is 9.36 Å². The zero-order chi connectivity index (χ0) is 23.6. The Morgan fingerprint density at radius 1 is 1.18 bits per heavy atom. The SMILES string of the molecule is CCn1c(SCC(=O)Nc2cc(C)nn2-c2ccccc2C(F)(F)F)nnc1-c1ccco1. The molecule has 4 rings (SSSR count). The highest BCUT2D eigenvalue weighted by atomic mass is 32.2. The molecule has 12 heteroatoms. The Morgan fingerprint density at radius 3 is 2.67 bits per heavy atom. The van der Waals surface area contributed by atoms with Crippen LogP contribution < -0.4 is 5.32 Å². The number of furan rings is 1. The number of hydrogen-bond acceptors (Lipinski definition) is 6. The molecule has 3 heterocycles. The van der Waals surface area contributed by atoms with Crippen LogP contribution in [-0.4, -0.2) is 36.2 Å². The quantitative estimate of drug-likeness (QED) is 0.385. The number of para-hydroxylation sites is 1. The van der Waals surface area contributed by atoms with E-state index in [1.54, 1.807) is 19.1 Å². The number of alkyl halides is 3. The number of aromatic nitrogens is 5. The monoisotopic (exact) mass is 476 g/mol. The van der Waals surface area contributed by atoms with Gasteiger partial charge in [-0.2, -0.15) is 18.3 Å². The Morgan fingerprint density at radius 2 is 1.97 bits per heavy atom. The van der Waals surface area contributed by atoms with Crippen molar-refractivity contribution in [2.45, 2.75) is 31.7 Å². The number of nitrogens with one attached hydrogen (secondary N) is 1. The van der Waals surface area contributed by atoms with Crippen LogP contribution in [0.25, 0.3) is 17.3 Å². The van der Waals surface area contributed by atoms with E-state index in [1.807, 2.05) is 11.5 Å². The lowest BCUT2D eigenvalue weighted by Crippen LogP contribution is -2.19. The molecule has 33 heavy (non-hydrogen) atoms. The summed E-state index contributed by atoms with van der Waals surface area (Å²) in [6.07, 6.45) is -3.03. The van der Waals surface area contributed by atoms with Crippen LogP contribution in [0.1, 0.15) is 18.2 Å². The zero-order valence-corrected chi connectivity index (χ0v) is 18.4. The third kappa shape index (κ3) is 4.80. The number of carbonyl (C=O) groups excluding carboxylic acids is 1. The van der Waals surface area contributed by atoms with Crippen molar-refractivity contribution in [1.82, 2.24) is 24.5 Å². The summed E-state index contributed by atoms with van der Waals surface area (Å²) < 4.78 is 48.7. The lowest BCUT2D eigenvalue weighted by Gasteiger charge is -2.15. The fourth-order valence-corrected chi connectivity index (χ4v) is 4.05. The molecule has 0 aliphatic rings. The molecule has 0 spiro atoms. The predicted octanol–water partition coefficient (Wildman–Crippen LogP) is 4.80. The second kappa shape index (κ2) is 9.14. The third-order valence-corrected chi connectivity index (χ3v) is 5.61. The molecule has 3 aromatic heterocycles. The van der Waals surface area contributed by atoms with E-state index in [9.17, 15) is 18.0 Å². The highest BCUT2D eigenvalue weighted by Gasteiger charge is 2.34. The van der Waals surface area contributed by atoms with Gasteiger partial charge in [-0.25, -0.2) is 4.68 Å². The fraction of sp³-hybridized carbons (Fsp3) is 0.238. The lowest BCUT2D eigenvalue weighted by atomic mass is 10.1. The van der Waals surface area contributed by atoms with E-state index in [2.05, 4.69) is 20.6 Å². The van der Waals surface area contributed by atoms with Crippen LogP contribution in [0.15, 0.2) is 58.3 Å². The van der Waals surface area contributed by atoms with Gasteiger partial charge in [0.15, 0.2) is 16.7 Å². The van der Waals surface area contributed by atoms with Gasteiger partial charge in [0.25, 0.3) is 0 Å². The van der Waals surface area contributed by atoms with Gasteiger partial charge in [0.05, 0.1) is 29.0 Å². The van der Waals surface area contributed by atoms with Crippen molar-refractivity contribution in [1.29, 1.82) is 0 Å². The summed E-state index contributed by atoms with van der Waals surface area (Å²) >= 11 is 1.16. The van der Waals surface area contributed by atoms with Gasteiger partial charge in [0.1, 0.15) is 5.82 Å². The minimum absolute atomic E-state index is 0.0264. The van der Waals surface area contributed by atoms with Crippen molar-refractivity contribution in [3.63, 3.8) is 0 Å². The van der Waals surface area contributed by atoms with Gasteiger partial charge in [0, 0.05) is 12.6 Å². The van der Waals surface area contributed by atoms with Crippen molar-refractivity contribution < 1.29 is 22.4 Å². The van der Waals surface area contributed by atoms with Crippen LogP contribution in [0.5, 0.6) is 0 Å². The Labute approximate surface area is 190 Å². The molecule has 1 amide bonds. The van der Waals surface area contributed by atoms with Crippen molar-refractivity contribution in [3.05, 3.63) is 60.0 Å². The molecule has 0 saturated carbocycles. The molecular formula is C21H19F3N6O2S. The highest BCUT2D eigenvalue weighted by molar-refractivity contribution is 7.99. The first kappa shape index (κ1) is 22.6. The smallest absolute Gasteiger partial charge is 0.418 e. The minimum atomic E-state index is -4.57. The summed E-state index contributed by atoms with van der Waals surface area (Å²) in [6.45, 7) is 4.11. The van der Waals surface area contributed by atoms with Gasteiger partial charge in [-0.15, -0.1) is 10.2 Å². The van der Waals surface area contributed by atoms with Gasteiger partial charge < -0.3 is 9.73 Å². The first-order valence-electron chi connectivity index (χ1n) is 9.91. The van der Waals surface area contributed by atoms with Crippen molar-refractivity contribution in [2.75, 3.05) is 11.1 Å². The van der Waals surface area contributed by atoms with Crippen molar-refractivity contribution >= 4 is 23.5 Å². The molecule has 1 N–H and O–H groups in total. The number of nitrogens with zero attached hydrogens (tertiary/aromatic N) is 5. The number of aryl methyl sites for hydroxylation is 1. The first-order valence-corrected chi connectivity index (χ1v) is 10.9. The molecule has 1 aromatic carbocycles. The molecule has 4 aromatic rings. The van der Waals surface area contributed by atoms with E-state index in [0.717, 1.165) is 22.5 Å². The normalized spacial score (nSPS) is 11.7. The van der Waals surface area contributed by atoms with Gasteiger partial charge >= 0.3 is 6.18 Å². The first-order chi connectivity index (χ1) is 15.8. The number of hydrogen-bond donors (Lipinski definition) is 1. The van der Waals surface area contributed by atoms with Crippen LogP contribution in [0, 0.1) is 6.92 Å². The van der Waals surface area contributed by atoms with Crippen molar-refractivity contribution in [3.8, 4) is 17.3 Å². The number of benzene rings is 1. The Balaban J connectivity index is 1.52. The average molecular weight is 476 g/mol. The summed E-state index contributed by atoms with van der Waals surface area (Å²) in [5.41, 5.74) is -0.557. The van der Waals surface area contributed by atoms with E-state index in [0.29, 0.717) is 29.0 Å². The number of halogens is 3. The summed E-state index contributed by atoms with van der Waals surface area (Å²) in [7, 11) is 0. The maximum atomic E-state index is 13.5. The number of carbonyl (C=O) groups is 1. The van der Waals surface area contributed by atoms with E-state index in [1.165, 1.54) is 30.5 Å². The second-order valence-electron chi connectivity index (χ2n) is 6.96. The summed E-state index contributed by atoms with van der Waals surface area (Å²) in [6, 6.07) is 10.1. The van der Waals surface area contributed by atoms with Crippen LogP contribution in [-0.2, 0) is 17.5 Å². The van der Waals surface area contributed by atoms with Crippen LogP contribution in [0.3, 0.4) is 0 Å². The Kier molecular flexibility index (Phi) is 6.27. The standard InChI is InChI=1S/C21H19F3N6O2S/c1-3-29-19(16-9-6-10-32-16)26-27-20(29)33-12-18(31)25-17-11-13(2)28-30(17)15-8-5-4-7-14(15)21(22,23)24/h4-11H,3,12H2,1-2H3,(H,25,31). The van der Waals surface area contributed by atoms with E-state index in [-0.39, 0.29) is 17.3 Å². The van der Waals surface area contributed by atoms with Crippen molar-refractivity contribution in [2.24, 2.45) is 0 Å². The lowest BCUT2D eigenvalue weighted by molar-refractivity contribution is -0.137. The van der Waals surface area contributed by atoms with Gasteiger partial charge in [-0.05, 0) is 38.1 Å². The summed E-state index contributed by atoms with van der Waals surface area (Å²) in [5.74, 6) is 0.798. The van der Waals surface area contributed by atoms with E-state index >= 15 is 0 Å². The van der Waals surface area contributed by atoms with Crippen LogP contribution >= 0.6 is 11.8 Å². The number of thioether (sulfide) groups is 1. The van der Waals surface area contributed by atoms with E-state index in [4.69, 9.17) is 4.42 Å². The van der Waals surface area contributed by atoms with Gasteiger partial charge in [-0.1, -0.05) is 23.9 Å². The molecule has 0 unspecified atom stereocenters. The highest BCUT2D eigenvalue weighted by Crippen LogP contribution is 2.34. The second-order valence-corrected chi connectivity index (χ2v) is 7.90. The molecule has 0 aliphatic heterocycles. The molecule has 172 valence electrons. The Hall–Kier alpha value is -3.54. The van der Waals surface area contributed by atoms with Crippen LogP contribution in [0.2, 0.25) is 0 Å². The topological polar surface area (TPSA) is 90.8 Å². The third-order valence-electron chi connectivity index (χ3n) is 4.64. The maximum Gasteiger partial charge on any atom is 0.418 e. The number of amides is 1. The fourth-order valence-electron chi connectivity index (χ4n) is 3.25. The molecule has 0 saturated heterocycles. The molecule has 8 nitrogen and oxygen atoms in total.